The summed E-state index contributed by atoms with van der Waals surface area (Å²) in [5.74, 6) is 0.0333. The highest BCUT2D eigenvalue weighted by Gasteiger charge is 2.13. The van der Waals surface area contributed by atoms with E-state index >= 15 is 0 Å². The molecule has 0 aliphatic heterocycles. The molecule has 19 heavy (non-hydrogen) atoms. The molecule has 2 aromatic carbocycles. The highest BCUT2D eigenvalue weighted by molar-refractivity contribution is 9.10. The van der Waals surface area contributed by atoms with Crippen LogP contribution < -0.4 is 4.72 Å². The minimum Gasteiger partial charge on any atom is -0.508 e. The Morgan fingerprint density at radius 1 is 1.11 bits per heavy atom. The number of benzene rings is 2. The van der Waals surface area contributed by atoms with Crippen molar-refractivity contribution in [2.45, 2.75) is 11.4 Å². The zero-order valence-electron chi connectivity index (χ0n) is 9.88. The molecule has 0 saturated heterocycles. The average molecular weight is 342 g/mol. The molecule has 0 aromatic heterocycles. The van der Waals surface area contributed by atoms with Gasteiger partial charge in [0.2, 0.25) is 10.0 Å². The van der Waals surface area contributed by atoms with Crippen LogP contribution in [0.3, 0.4) is 0 Å². The lowest BCUT2D eigenvalue weighted by Crippen LogP contribution is -2.23. The monoisotopic (exact) mass is 341 g/mol. The van der Waals surface area contributed by atoms with E-state index in [0.29, 0.717) is 0 Å². The fraction of sp³-hybridized carbons (Fsp3) is 0.0769. The number of hydrogen-bond donors (Lipinski definition) is 2. The van der Waals surface area contributed by atoms with Crippen molar-refractivity contribution < 1.29 is 13.5 Å². The van der Waals surface area contributed by atoms with Gasteiger partial charge in [0.05, 0.1) is 4.90 Å². The fourth-order valence-corrected chi connectivity index (χ4v) is 3.00. The zero-order valence-corrected chi connectivity index (χ0v) is 12.3. The van der Waals surface area contributed by atoms with Gasteiger partial charge in [-0.2, -0.15) is 0 Å². The summed E-state index contributed by atoms with van der Waals surface area (Å²) in [6.07, 6.45) is 0. The first-order valence-corrected chi connectivity index (χ1v) is 7.78. The number of halogens is 1. The summed E-state index contributed by atoms with van der Waals surface area (Å²) in [4.78, 5) is 0.125. The van der Waals surface area contributed by atoms with Crippen molar-refractivity contribution in [3.63, 3.8) is 0 Å². The second-order valence-corrected chi connectivity index (χ2v) is 6.63. The van der Waals surface area contributed by atoms with E-state index in [0.717, 1.165) is 10.0 Å². The number of phenolic OH excluding ortho intramolecular Hbond substituents is 1. The summed E-state index contributed by atoms with van der Waals surface area (Å²) in [5, 5.41) is 9.14. The SMILES string of the molecule is O=S(=O)(NCc1cccc(Br)c1)c1ccc(O)cc1. The molecular formula is C13H12BrNO3S. The molecular weight excluding hydrogens is 330 g/mol. The lowest BCUT2D eigenvalue weighted by Gasteiger charge is -2.07. The third kappa shape index (κ3) is 3.79. The van der Waals surface area contributed by atoms with Gasteiger partial charge in [0.25, 0.3) is 0 Å². The molecule has 0 unspecified atom stereocenters. The van der Waals surface area contributed by atoms with Crippen molar-refractivity contribution in [3.05, 3.63) is 58.6 Å². The number of rotatable bonds is 4. The van der Waals surface area contributed by atoms with Crippen LogP contribution in [0.15, 0.2) is 57.9 Å². The summed E-state index contributed by atoms with van der Waals surface area (Å²) in [5.41, 5.74) is 0.858. The maximum Gasteiger partial charge on any atom is 0.240 e. The van der Waals surface area contributed by atoms with Gasteiger partial charge in [-0.3, -0.25) is 0 Å². The van der Waals surface area contributed by atoms with Crippen molar-refractivity contribution in [3.8, 4) is 5.75 Å². The summed E-state index contributed by atoms with van der Waals surface area (Å²) in [7, 11) is -3.56. The highest BCUT2D eigenvalue weighted by atomic mass is 79.9. The Morgan fingerprint density at radius 2 is 1.79 bits per heavy atom. The van der Waals surface area contributed by atoms with E-state index < -0.39 is 10.0 Å². The molecule has 2 aromatic rings. The molecule has 0 bridgehead atoms. The number of hydrogen-bond acceptors (Lipinski definition) is 3. The van der Waals surface area contributed by atoms with Gasteiger partial charge in [-0.05, 0) is 42.0 Å². The summed E-state index contributed by atoms with van der Waals surface area (Å²) >= 11 is 3.33. The second-order valence-electron chi connectivity index (χ2n) is 3.95. The second kappa shape index (κ2) is 5.73. The van der Waals surface area contributed by atoms with Crippen molar-refractivity contribution in [2.75, 3.05) is 0 Å². The zero-order chi connectivity index (χ0) is 13.9. The summed E-state index contributed by atoms with van der Waals surface area (Å²) in [6, 6.07) is 12.8. The molecule has 0 spiro atoms. The van der Waals surface area contributed by atoms with Gasteiger partial charge in [0, 0.05) is 11.0 Å². The standard InChI is InChI=1S/C13H12BrNO3S/c14-11-3-1-2-10(8-11)9-15-19(17,18)13-6-4-12(16)5-7-13/h1-8,15-16H,9H2. The Labute approximate surface area is 120 Å². The van der Waals surface area contributed by atoms with Gasteiger partial charge in [0.1, 0.15) is 5.75 Å². The maximum atomic E-state index is 12.0. The molecule has 6 heteroatoms. The Hall–Kier alpha value is -1.37. The van der Waals surface area contributed by atoms with Crippen molar-refractivity contribution in [1.29, 1.82) is 0 Å². The average Bonchev–Trinajstić information content (AvgIpc) is 2.37. The van der Waals surface area contributed by atoms with Gasteiger partial charge >= 0.3 is 0 Å². The third-order valence-corrected chi connectivity index (χ3v) is 4.41. The Balaban J connectivity index is 2.12. The van der Waals surface area contributed by atoms with Crippen LogP contribution >= 0.6 is 15.9 Å². The molecule has 0 heterocycles. The number of nitrogens with one attached hydrogen (secondary N) is 1. The van der Waals surface area contributed by atoms with Crippen molar-refractivity contribution in [1.82, 2.24) is 4.72 Å². The molecule has 2 rings (SSSR count). The molecule has 0 saturated carbocycles. The van der Waals surface area contributed by atoms with Gasteiger partial charge in [-0.15, -0.1) is 0 Å². The topological polar surface area (TPSA) is 66.4 Å². The molecule has 0 fully saturated rings. The van der Waals surface area contributed by atoms with Crippen LogP contribution in [0.5, 0.6) is 5.75 Å². The molecule has 4 nitrogen and oxygen atoms in total. The van der Waals surface area contributed by atoms with E-state index in [-0.39, 0.29) is 17.2 Å². The van der Waals surface area contributed by atoms with Crippen LogP contribution in [0.4, 0.5) is 0 Å². The Morgan fingerprint density at radius 3 is 2.42 bits per heavy atom. The molecule has 0 amide bonds. The van der Waals surface area contributed by atoms with Crippen LogP contribution in [0.2, 0.25) is 0 Å². The normalized spacial score (nSPS) is 11.4. The predicted molar refractivity (Wildman–Crippen MR) is 76.3 cm³/mol. The van der Waals surface area contributed by atoms with Crippen molar-refractivity contribution in [2.24, 2.45) is 0 Å². The lowest BCUT2D eigenvalue weighted by molar-refractivity contribution is 0.474. The van der Waals surface area contributed by atoms with E-state index in [1.54, 1.807) is 0 Å². The first kappa shape index (κ1) is 14.0. The van der Waals surface area contributed by atoms with E-state index in [1.807, 2.05) is 24.3 Å². The number of sulfonamides is 1. The predicted octanol–water partition coefficient (Wildman–Crippen LogP) is 2.63. The molecule has 0 radical (unpaired) electrons. The minimum atomic E-state index is -3.56. The van der Waals surface area contributed by atoms with E-state index in [2.05, 4.69) is 20.7 Å². The van der Waals surface area contributed by atoms with Gasteiger partial charge < -0.3 is 5.11 Å². The highest BCUT2D eigenvalue weighted by Crippen LogP contribution is 2.15. The third-order valence-electron chi connectivity index (χ3n) is 2.50. The minimum absolute atomic E-state index is 0.0333. The smallest absolute Gasteiger partial charge is 0.240 e. The molecule has 100 valence electrons. The van der Waals surface area contributed by atoms with Crippen LogP contribution in [0.25, 0.3) is 0 Å². The van der Waals surface area contributed by atoms with Gasteiger partial charge in [0.15, 0.2) is 0 Å². The Bertz CT molecular complexity index is 669. The summed E-state index contributed by atoms with van der Waals surface area (Å²) in [6.45, 7) is 0.211. The van der Waals surface area contributed by atoms with E-state index in [9.17, 15) is 8.42 Å². The summed E-state index contributed by atoms with van der Waals surface area (Å²) < 4.78 is 27.4. The van der Waals surface area contributed by atoms with Crippen LogP contribution in [-0.2, 0) is 16.6 Å². The quantitative estimate of drug-likeness (QED) is 0.898. The van der Waals surface area contributed by atoms with Crippen LogP contribution in [0, 0.1) is 0 Å². The number of aromatic hydroxyl groups is 1. The largest absolute Gasteiger partial charge is 0.508 e. The van der Waals surface area contributed by atoms with Crippen LogP contribution in [0.1, 0.15) is 5.56 Å². The van der Waals surface area contributed by atoms with Crippen molar-refractivity contribution >= 4 is 26.0 Å². The van der Waals surface area contributed by atoms with Gasteiger partial charge in [-0.25, -0.2) is 13.1 Å². The molecule has 0 aliphatic carbocycles. The van der Waals surface area contributed by atoms with Crippen LogP contribution in [-0.4, -0.2) is 13.5 Å². The molecule has 2 N–H and O–H groups in total. The van der Waals surface area contributed by atoms with E-state index in [1.165, 1.54) is 24.3 Å². The fourth-order valence-electron chi connectivity index (χ4n) is 1.53. The lowest BCUT2D eigenvalue weighted by atomic mass is 10.2. The Kier molecular flexibility index (Phi) is 4.24. The molecule has 0 aliphatic rings. The van der Waals surface area contributed by atoms with E-state index in [4.69, 9.17) is 5.11 Å². The molecule has 0 atom stereocenters. The van der Waals surface area contributed by atoms with Gasteiger partial charge in [-0.1, -0.05) is 28.1 Å². The maximum absolute atomic E-state index is 12.0. The first-order chi connectivity index (χ1) is 8.97. The number of phenols is 1. The first-order valence-electron chi connectivity index (χ1n) is 5.50.